The molecule has 0 radical (unpaired) electrons. The minimum atomic E-state index is -3.51. The Balaban J connectivity index is 1.97. The number of carbonyl (C=O) groups is 2. The molecule has 2 heterocycles. The first-order chi connectivity index (χ1) is 12.7. The molecule has 0 saturated carbocycles. The summed E-state index contributed by atoms with van der Waals surface area (Å²) in [5, 5.41) is 0.101. The number of nitrogens with zero attached hydrogens (tertiary/aromatic N) is 2. The Kier molecular flexibility index (Phi) is 5.07. The van der Waals surface area contributed by atoms with Crippen molar-refractivity contribution in [3.8, 4) is 5.75 Å². The van der Waals surface area contributed by atoms with Gasteiger partial charge in [0.2, 0.25) is 16.1 Å². The van der Waals surface area contributed by atoms with Crippen LogP contribution in [0.3, 0.4) is 0 Å². The van der Waals surface area contributed by atoms with Crippen molar-refractivity contribution in [3.63, 3.8) is 0 Å². The molecule has 144 valence electrons. The van der Waals surface area contributed by atoms with Crippen molar-refractivity contribution in [1.82, 2.24) is 4.98 Å². The van der Waals surface area contributed by atoms with Gasteiger partial charge in [0.05, 0.1) is 31.3 Å². The Hall–Kier alpha value is -2.66. The van der Waals surface area contributed by atoms with Crippen LogP contribution in [0.15, 0.2) is 24.3 Å². The first kappa shape index (κ1) is 19.1. The van der Waals surface area contributed by atoms with Crippen LogP contribution < -0.4 is 14.4 Å². The fourth-order valence-corrected chi connectivity index (χ4v) is 4.35. The number of hydrogen-bond donors (Lipinski definition) is 1. The van der Waals surface area contributed by atoms with Gasteiger partial charge >= 0.3 is 5.97 Å². The Morgan fingerprint density at radius 2 is 2.07 bits per heavy atom. The van der Waals surface area contributed by atoms with E-state index in [1.807, 2.05) is 0 Å². The number of fused-ring (bicyclic) bond motifs is 1. The van der Waals surface area contributed by atoms with Gasteiger partial charge in [-0.1, -0.05) is 23.5 Å². The molecule has 0 saturated heterocycles. The van der Waals surface area contributed by atoms with Crippen molar-refractivity contribution in [2.75, 3.05) is 29.5 Å². The van der Waals surface area contributed by atoms with Crippen LogP contribution in [0.4, 0.5) is 10.8 Å². The van der Waals surface area contributed by atoms with Gasteiger partial charge in [0.1, 0.15) is 10.6 Å². The highest BCUT2D eigenvalue weighted by Crippen LogP contribution is 2.36. The van der Waals surface area contributed by atoms with Crippen molar-refractivity contribution in [1.29, 1.82) is 0 Å². The van der Waals surface area contributed by atoms with E-state index in [0.29, 0.717) is 17.1 Å². The molecule has 1 aliphatic heterocycles. The van der Waals surface area contributed by atoms with E-state index in [9.17, 15) is 18.0 Å². The van der Waals surface area contributed by atoms with E-state index < -0.39 is 28.0 Å². The number of rotatable bonds is 4. The van der Waals surface area contributed by atoms with Crippen molar-refractivity contribution < 1.29 is 27.5 Å². The van der Waals surface area contributed by atoms with Gasteiger partial charge in [-0.15, -0.1) is 0 Å². The number of hydrogen-bond acceptors (Lipinski definition) is 8. The molecular formula is C16H17N3O6S2. The van der Waals surface area contributed by atoms with Crippen LogP contribution in [0.5, 0.6) is 5.75 Å². The number of amides is 1. The van der Waals surface area contributed by atoms with Crippen LogP contribution in [0, 0.1) is 6.92 Å². The number of thiazole rings is 1. The highest BCUT2D eigenvalue weighted by molar-refractivity contribution is 7.92. The number of para-hydroxylation sites is 2. The maximum atomic E-state index is 13.1. The zero-order valence-electron chi connectivity index (χ0n) is 14.8. The van der Waals surface area contributed by atoms with Gasteiger partial charge in [0.25, 0.3) is 5.91 Å². The van der Waals surface area contributed by atoms with Gasteiger partial charge in [0.15, 0.2) is 5.13 Å². The second-order valence-corrected chi connectivity index (χ2v) is 8.57. The lowest BCUT2D eigenvalue weighted by atomic mass is 10.1. The zero-order chi connectivity index (χ0) is 19.8. The van der Waals surface area contributed by atoms with Crippen LogP contribution in [0.25, 0.3) is 0 Å². The molecule has 11 heteroatoms. The number of aromatic nitrogens is 1. The molecule has 0 spiro atoms. The third-order valence-corrected chi connectivity index (χ3v) is 5.50. The van der Waals surface area contributed by atoms with E-state index in [2.05, 4.69) is 9.71 Å². The third kappa shape index (κ3) is 4.03. The standard InChI is InChI=1S/C16H17N3O6S2/c1-9-13(26-16(17-9)18-27(3,22)23)14(20)19-8-12(15(21)24-2)25-11-7-5-4-6-10(11)19/h4-7,12H,8H2,1-3H3,(H,17,18)/t12-/m1/s1. The summed E-state index contributed by atoms with van der Waals surface area (Å²) in [6.07, 6.45) is 0.0420. The largest absolute Gasteiger partial charge is 0.475 e. The predicted octanol–water partition coefficient (Wildman–Crippen LogP) is 1.40. The lowest BCUT2D eigenvalue weighted by Crippen LogP contribution is -2.47. The maximum Gasteiger partial charge on any atom is 0.348 e. The van der Waals surface area contributed by atoms with Gasteiger partial charge in [-0.25, -0.2) is 18.2 Å². The molecule has 1 aromatic heterocycles. The number of esters is 1. The summed E-state index contributed by atoms with van der Waals surface area (Å²) in [6, 6.07) is 6.83. The molecule has 0 fully saturated rings. The number of ether oxygens (including phenoxy) is 2. The number of benzene rings is 1. The first-order valence-electron chi connectivity index (χ1n) is 7.80. The third-order valence-electron chi connectivity index (χ3n) is 3.75. The molecule has 9 nitrogen and oxygen atoms in total. The van der Waals surface area contributed by atoms with Gasteiger partial charge in [-0.3, -0.25) is 14.4 Å². The van der Waals surface area contributed by atoms with E-state index in [4.69, 9.17) is 9.47 Å². The van der Waals surface area contributed by atoms with Crippen LogP contribution in [0.2, 0.25) is 0 Å². The fraction of sp³-hybridized carbons (Fsp3) is 0.312. The van der Waals surface area contributed by atoms with Crippen LogP contribution >= 0.6 is 11.3 Å². The van der Waals surface area contributed by atoms with E-state index in [-0.39, 0.29) is 16.6 Å². The summed E-state index contributed by atoms with van der Waals surface area (Å²) in [6.45, 7) is 1.58. The second kappa shape index (κ2) is 7.16. The number of anilines is 2. The number of carbonyl (C=O) groups excluding carboxylic acids is 2. The molecule has 1 atom stereocenters. The van der Waals surface area contributed by atoms with Crippen molar-refractivity contribution in [2.45, 2.75) is 13.0 Å². The molecule has 3 rings (SSSR count). The smallest absolute Gasteiger partial charge is 0.348 e. The van der Waals surface area contributed by atoms with Gasteiger partial charge in [-0.05, 0) is 19.1 Å². The van der Waals surface area contributed by atoms with Crippen molar-refractivity contribution in [3.05, 3.63) is 34.8 Å². The predicted molar refractivity (Wildman–Crippen MR) is 99.9 cm³/mol. The lowest BCUT2D eigenvalue weighted by molar-refractivity contribution is -0.148. The Labute approximate surface area is 160 Å². The molecule has 0 unspecified atom stereocenters. The van der Waals surface area contributed by atoms with E-state index in [0.717, 1.165) is 17.6 Å². The van der Waals surface area contributed by atoms with Crippen LogP contribution in [0.1, 0.15) is 15.4 Å². The molecular weight excluding hydrogens is 394 g/mol. The zero-order valence-corrected chi connectivity index (χ0v) is 16.4. The quantitative estimate of drug-likeness (QED) is 0.756. The van der Waals surface area contributed by atoms with E-state index in [1.54, 1.807) is 31.2 Å². The highest BCUT2D eigenvalue weighted by Gasteiger charge is 2.36. The van der Waals surface area contributed by atoms with Crippen LogP contribution in [-0.4, -0.2) is 51.3 Å². The molecule has 1 aromatic carbocycles. The lowest BCUT2D eigenvalue weighted by Gasteiger charge is -2.33. The van der Waals surface area contributed by atoms with Crippen LogP contribution in [-0.2, 0) is 19.6 Å². The van der Waals surface area contributed by atoms with Gasteiger partial charge in [-0.2, -0.15) is 0 Å². The van der Waals surface area contributed by atoms with Gasteiger partial charge in [0, 0.05) is 0 Å². The number of sulfonamides is 1. The minimum absolute atomic E-state index is 0.0330. The molecule has 2 aromatic rings. The SMILES string of the molecule is COC(=O)[C@H]1CN(C(=O)c2sc(NS(C)(=O)=O)nc2C)c2ccccc2O1. The van der Waals surface area contributed by atoms with E-state index >= 15 is 0 Å². The summed E-state index contributed by atoms with van der Waals surface area (Å²) < 4.78 is 35.4. The Morgan fingerprint density at radius 3 is 2.74 bits per heavy atom. The van der Waals surface area contributed by atoms with Gasteiger partial charge < -0.3 is 9.47 Å². The summed E-state index contributed by atoms with van der Waals surface area (Å²) in [4.78, 5) is 30.8. The average Bonchev–Trinajstić information content (AvgIpc) is 2.97. The summed E-state index contributed by atoms with van der Waals surface area (Å²) in [5.41, 5.74) is 0.891. The monoisotopic (exact) mass is 411 g/mol. The first-order valence-corrected chi connectivity index (χ1v) is 10.5. The summed E-state index contributed by atoms with van der Waals surface area (Å²) in [5.74, 6) is -0.622. The second-order valence-electron chi connectivity index (χ2n) is 5.82. The topological polar surface area (TPSA) is 115 Å². The normalized spacial score (nSPS) is 16.3. The summed E-state index contributed by atoms with van der Waals surface area (Å²) >= 11 is 0.929. The number of methoxy groups -OCH3 is 1. The molecule has 0 bridgehead atoms. The fourth-order valence-electron chi connectivity index (χ4n) is 2.60. The molecule has 1 aliphatic rings. The average molecular weight is 411 g/mol. The minimum Gasteiger partial charge on any atom is -0.475 e. The summed E-state index contributed by atoms with van der Waals surface area (Å²) in [7, 11) is -2.27. The molecule has 27 heavy (non-hydrogen) atoms. The molecule has 1 N–H and O–H groups in total. The molecule has 0 aliphatic carbocycles. The Bertz CT molecular complexity index is 1000. The number of nitrogens with one attached hydrogen (secondary N) is 1. The van der Waals surface area contributed by atoms with E-state index in [1.165, 1.54) is 12.0 Å². The van der Waals surface area contributed by atoms with Crippen molar-refractivity contribution >= 4 is 44.1 Å². The maximum absolute atomic E-state index is 13.1. The number of aryl methyl sites for hydroxylation is 1. The molecule has 1 amide bonds. The Morgan fingerprint density at radius 1 is 1.37 bits per heavy atom. The van der Waals surface area contributed by atoms with Crippen molar-refractivity contribution in [2.24, 2.45) is 0 Å². The highest BCUT2D eigenvalue weighted by atomic mass is 32.2.